The van der Waals surface area contributed by atoms with Gasteiger partial charge in [0.15, 0.2) is 0 Å². The van der Waals surface area contributed by atoms with Gasteiger partial charge in [0.05, 0.1) is 11.7 Å². The maximum Gasteiger partial charge on any atom is 0.319 e. The Morgan fingerprint density at radius 2 is 1.96 bits per heavy atom. The molecule has 1 atom stereocenters. The van der Waals surface area contributed by atoms with E-state index in [2.05, 4.69) is 15.7 Å². The second-order valence-corrected chi connectivity index (χ2v) is 7.18. The van der Waals surface area contributed by atoms with E-state index in [-0.39, 0.29) is 12.1 Å². The molecule has 0 radical (unpaired) electrons. The summed E-state index contributed by atoms with van der Waals surface area (Å²) in [6, 6.07) is 16.9. The summed E-state index contributed by atoms with van der Waals surface area (Å²) in [5.74, 6) is 0. The standard InChI is InChI=1S/C21H24ClN5O/c1-15-11-12-24-27(15)17-8-6-7-16(13-17)25-21(28)23-14-20(26(2)3)18-9-4-5-10-19(18)22/h4-13,20H,14H2,1-3H3,(H2,23,25,28). The summed E-state index contributed by atoms with van der Waals surface area (Å²) in [5, 5.41) is 10.8. The van der Waals surface area contributed by atoms with Crippen molar-refractivity contribution in [1.29, 1.82) is 0 Å². The number of nitrogens with zero attached hydrogens (tertiary/aromatic N) is 3. The van der Waals surface area contributed by atoms with Gasteiger partial charge in [-0.3, -0.25) is 0 Å². The minimum atomic E-state index is -0.270. The lowest BCUT2D eigenvalue weighted by Crippen LogP contribution is -2.37. The van der Waals surface area contributed by atoms with Crippen LogP contribution in [0.2, 0.25) is 5.02 Å². The van der Waals surface area contributed by atoms with Crippen LogP contribution in [0.4, 0.5) is 10.5 Å². The number of halogens is 1. The molecule has 0 saturated carbocycles. The number of hydrogen-bond acceptors (Lipinski definition) is 3. The molecule has 0 fully saturated rings. The SMILES string of the molecule is Cc1ccnn1-c1cccc(NC(=O)NCC(c2ccccc2Cl)N(C)C)c1. The van der Waals surface area contributed by atoms with E-state index in [1.807, 2.05) is 85.2 Å². The number of aryl methyl sites for hydroxylation is 1. The molecule has 0 aliphatic rings. The number of hydrogen-bond donors (Lipinski definition) is 2. The van der Waals surface area contributed by atoms with E-state index < -0.39 is 0 Å². The summed E-state index contributed by atoms with van der Waals surface area (Å²) in [5.41, 5.74) is 3.59. The highest BCUT2D eigenvalue weighted by Gasteiger charge is 2.17. The first-order valence-electron chi connectivity index (χ1n) is 9.02. The second-order valence-electron chi connectivity index (χ2n) is 6.77. The van der Waals surface area contributed by atoms with Crippen LogP contribution in [0.3, 0.4) is 0 Å². The van der Waals surface area contributed by atoms with Gasteiger partial charge in [-0.25, -0.2) is 9.48 Å². The van der Waals surface area contributed by atoms with E-state index in [1.165, 1.54) is 0 Å². The molecule has 28 heavy (non-hydrogen) atoms. The lowest BCUT2D eigenvalue weighted by molar-refractivity contribution is 0.243. The van der Waals surface area contributed by atoms with Crippen LogP contribution in [-0.2, 0) is 0 Å². The van der Waals surface area contributed by atoms with Crippen molar-refractivity contribution < 1.29 is 4.79 Å². The number of rotatable bonds is 6. The number of carbonyl (C=O) groups is 1. The summed E-state index contributed by atoms with van der Waals surface area (Å²) >= 11 is 6.32. The van der Waals surface area contributed by atoms with Crippen molar-refractivity contribution in [2.75, 3.05) is 26.0 Å². The molecular formula is C21H24ClN5O. The predicted octanol–water partition coefficient (Wildman–Crippen LogP) is 4.26. The lowest BCUT2D eigenvalue weighted by Gasteiger charge is -2.26. The van der Waals surface area contributed by atoms with Crippen molar-refractivity contribution in [3.63, 3.8) is 0 Å². The number of aromatic nitrogens is 2. The molecule has 3 rings (SSSR count). The van der Waals surface area contributed by atoms with Gasteiger partial charge in [-0.15, -0.1) is 0 Å². The number of benzene rings is 2. The average molecular weight is 398 g/mol. The first-order chi connectivity index (χ1) is 13.5. The van der Waals surface area contributed by atoms with Gasteiger partial charge in [-0.2, -0.15) is 5.10 Å². The Kier molecular flexibility index (Phi) is 6.34. The van der Waals surface area contributed by atoms with Crippen LogP contribution in [-0.4, -0.2) is 41.4 Å². The van der Waals surface area contributed by atoms with Gasteiger partial charge in [-0.1, -0.05) is 35.9 Å². The van der Waals surface area contributed by atoms with Crippen LogP contribution in [0.5, 0.6) is 0 Å². The first-order valence-corrected chi connectivity index (χ1v) is 9.40. The fraction of sp³-hybridized carbons (Fsp3) is 0.238. The Morgan fingerprint density at radius 3 is 2.64 bits per heavy atom. The Balaban J connectivity index is 1.65. The molecule has 0 aliphatic heterocycles. The minimum Gasteiger partial charge on any atom is -0.336 e. The van der Waals surface area contributed by atoms with Gasteiger partial charge in [0, 0.05) is 29.1 Å². The zero-order chi connectivity index (χ0) is 20.1. The van der Waals surface area contributed by atoms with Crippen molar-refractivity contribution in [2.24, 2.45) is 0 Å². The quantitative estimate of drug-likeness (QED) is 0.653. The molecule has 0 bridgehead atoms. The third kappa shape index (κ3) is 4.71. The number of urea groups is 1. The van der Waals surface area contributed by atoms with Crippen molar-refractivity contribution in [1.82, 2.24) is 20.0 Å². The average Bonchev–Trinajstić information content (AvgIpc) is 3.09. The third-order valence-corrected chi connectivity index (χ3v) is 4.87. The summed E-state index contributed by atoms with van der Waals surface area (Å²) < 4.78 is 1.82. The minimum absolute atomic E-state index is 0.0301. The number of nitrogens with one attached hydrogen (secondary N) is 2. The van der Waals surface area contributed by atoms with E-state index in [9.17, 15) is 4.79 Å². The normalized spacial score (nSPS) is 12.0. The van der Waals surface area contributed by atoms with Crippen molar-refractivity contribution in [3.05, 3.63) is 77.1 Å². The Morgan fingerprint density at radius 1 is 1.18 bits per heavy atom. The predicted molar refractivity (Wildman–Crippen MR) is 113 cm³/mol. The van der Waals surface area contributed by atoms with Gasteiger partial charge in [0.2, 0.25) is 0 Å². The molecule has 0 saturated heterocycles. The zero-order valence-electron chi connectivity index (χ0n) is 16.2. The number of anilines is 1. The summed E-state index contributed by atoms with van der Waals surface area (Å²) in [6.07, 6.45) is 1.75. The summed E-state index contributed by atoms with van der Waals surface area (Å²) in [7, 11) is 3.92. The molecule has 6 nitrogen and oxygen atoms in total. The number of carbonyl (C=O) groups excluding carboxylic acids is 1. The van der Waals surface area contributed by atoms with Crippen molar-refractivity contribution >= 4 is 23.3 Å². The molecule has 1 aromatic heterocycles. The Hall–Kier alpha value is -2.83. The second kappa shape index (κ2) is 8.91. The highest BCUT2D eigenvalue weighted by atomic mass is 35.5. The summed E-state index contributed by atoms with van der Waals surface area (Å²) in [6.45, 7) is 2.41. The molecule has 2 N–H and O–H groups in total. The molecule has 3 aromatic rings. The van der Waals surface area contributed by atoms with E-state index in [0.29, 0.717) is 17.3 Å². The van der Waals surface area contributed by atoms with Crippen LogP contribution in [0.1, 0.15) is 17.3 Å². The van der Waals surface area contributed by atoms with E-state index >= 15 is 0 Å². The summed E-state index contributed by atoms with van der Waals surface area (Å²) in [4.78, 5) is 14.5. The van der Waals surface area contributed by atoms with Gasteiger partial charge in [0.25, 0.3) is 0 Å². The maximum atomic E-state index is 12.4. The largest absolute Gasteiger partial charge is 0.336 e. The molecule has 0 aliphatic carbocycles. The van der Waals surface area contributed by atoms with Gasteiger partial charge >= 0.3 is 6.03 Å². The molecule has 146 valence electrons. The van der Waals surface area contributed by atoms with Gasteiger partial charge in [-0.05, 0) is 56.9 Å². The van der Waals surface area contributed by atoms with E-state index in [0.717, 1.165) is 16.9 Å². The Bertz CT molecular complexity index is 953. The molecule has 0 spiro atoms. The Labute approximate surface area is 170 Å². The molecular weight excluding hydrogens is 374 g/mol. The molecule has 2 amide bonds. The number of likely N-dealkylation sites (N-methyl/N-ethyl adjacent to an activating group) is 1. The molecule has 2 aromatic carbocycles. The lowest BCUT2D eigenvalue weighted by atomic mass is 10.1. The van der Waals surface area contributed by atoms with Crippen molar-refractivity contribution in [2.45, 2.75) is 13.0 Å². The topological polar surface area (TPSA) is 62.2 Å². The van der Waals surface area contributed by atoms with E-state index in [4.69, 9.17) is 11.6 Å². The highest BCUT2D eigenvalue weighted by Crippen LogP contribution is 2.25. The molecule has 7 heteroatoms. The fourth-order valence-corrected chi connectivity index (χ4v) is 3.30. The van der Waals surface area contributed by atoms with Crippen LogP contribution in [0.25, 0.3) is 5.69 Å². The van der Waals surface area contributed by atoms with Crippen LogP contribution in [0.15, 0.2) is 60.8 Å². The van der Waals surface area contributed by atoms with Crippen LogP contribution >= 0.6 is 11.6 Å². The zero-order valence-corrected chi connectivity index (χ0v) is 16.9. The first kappa shape index (κ1) is 19.9. The maximum absolute atomic E-state index is 12.4. The van der Waals surface area contributed by atoms with E-state index in [1.54, 1.807) is 6.20 Å². The smallest absolute Gasteiger partial charge is 0.319 e. The fourth-order valence-electron chi connectivity index (χ4n) is 3.04. The number of amides is 2. The van der Waals surface area contributed by atoms with Crippen molar-refractivity contribution in [3.8, 4) is 5.69 Å². The monoisotopic (exact) mass is 397 g/mol. The third-order valence-electron chi connectivity index (χ3n) is 4.52. The van der Waals surface area contributed by atoms with Crippen LogP contribution in [0, 0.1) is 6.92 Å². The van der Waals surface area contributed by atoms with Crippen LogP contribution < -0.4 is 10.6 Å². The van der Waals surface area contributed by atoms with Gasteiger partial charge in [0.1, 0.15) is 0 Å². The molecule has 1 unspecified atom stereocenters. The molecule has 1 heterocycles. The highest BCUT2D eigenvalue weighted by molar-refractivity contribution is 6.31. The van der Waals surface area contributed by atoms with Gasteiger partial charge < -0.3 is 15.5 Å².